The number of aryl methyl sites for hydroxylation is 2. The molecule has 0 saturated heterocycles. The minimum Gasteiger partial charge on any atom is -0.459 e. The molecule has 0 atom stereocenters. The fraction of sp³-hybridized carbons (Fsp3) is 0.556. The maximum Gasteiger partial charge on any atom is 0.303 e. The average Bonchev–Trinajstić information content (AvgIpc) is 2.58. The van der Waals surface area contributed by atoms with E-state index in [9.17, 15) is 4.79 Å². The van der Waals surface area contributed by atoms with Crippen LogP contribution >= 0.6 is 0 Å². The Kier molecular flexibility index (Phi) is 2.04. The normalized spacial score (nSPS) is 14.2. The SMILES string of the molecule is CC(=O)OCc1cc2n(n1)CCC2. The Labute approximate surface area is 76.5 Å². The van der Waals surface area contributed by atoms with Crippen LogP contribution in [0.4, 0.5) is 0 Å². The first kappa shape index (κ1) is 8.29. The van der Waals surface area contributed by atoms with Crippen molar-refractivity contribution in [3.05, 3.63) is 17.5 Å². The van der Waals surface area contributed by atoms with Gasteiger partial charge in [-0.1, -0.05) is 0 Å². The number of carbonyl (C=O) groups excluding carboxylic acids is 1. The lowest BCUT2D eigenvalue weighted by molar-refractivity contribution is -0.142. The van der Waals surface area contributed by atoms with Crippen molar-refractivity contribution in [3.8, 4) is 0 Å². The van der Waals surface area contributed by atoms with Gasteiger partial charge >= 0.3 is 5.97 Å². The van der Waals surface area contributed by atoms with Gasteiger partial charge in [0.2, 0.25) is 0 Å². The Hall–Kier alpha value is -1.32. The number of fused-ring (bicyclic) bond motifs is 1. The van der Waals surface area contributed by atoms with E-state index in [-0.39, 0.29) is 5.97 Å². The van der Waals surface area contributed by atoms with Crippen molar-refractivity contribution >= 4 is 5.97 Å². The Balaban J connectivity index is 2.02. The summed E-state index contributed by atoms with van der Waals surface area (Å²) in [4.78, 5) is 10.5. The molecule has 1 aliphatic rings. The van der Waals surface area contributed by atoms with E-state index in [0.717, 1.165) is 18.7 Å². The molecule has 70 valence electrons. The summed E-state index contributed by atoms with van der Waals surface area (Å²) in [6.45, 7) is 2.70. The molecule has 0 saturated carbocycles. The lowest BCUT2D eigenvalue weighted by Crippen LogP contribution is -2.01. The van der Waals surface area contributed by atoms with Crippen molar-refractivity contribution in [2.75, 3.05) is 0 Å². The standard InChI is InChI=1S/C9H12N2O2/c1-7(12)13-6-8-5-9-3-2-4-11(9)10-8/h5H,2-4,6H2,1H3. The number of nitrogens with zero attached hydrogens (tertiary/aromatic N) is 2. The van der Waals surface area contributed by atoms with Crippen LogP contribution in [-0.2, 0) is 29.1 Å². The summed E-state index contributed by atoms with van der Waals surface area (Å²) in [6, 6.07) is 2.01. The Bertz CT molecular complexity index is 309. The minimum atomic E-state index is -0.256. The fourth-order valence-electron chi connectivity index (χ4n) is 1.57. The molecule has 1 aromatic heterocycles. The molecule has 4 heteroatoms. The number of hydrogen-bond acceptors (Lipinski definition) is 3. The lowest BCUT2D eigenvalue weighted by Gasteiger charge is -1.97. The topological polar surface area (TPSA) is 44.1 Å². The third-order valence-corrected chi connectivity index (χ3v) is 2.14. The number of aromatic nitrogens is 2. The van der Waals surface area contributed by atoms with Gasteiger partial charge in [0.25, 0.3) is 0 Å². The molecule has 2 rings (SSSR count). The van der Waals surface area contributed by atoms with Crippen LogP contribution in [0.1, 0.15) is 24.7 Å². The first-order valence-corrected chi connectivity index (χ1v) is 4.44. The smallest absolute Gasteiger partial charge is 0.303 e. The first-order chi connectivity index (χ1) is 6.25. The number of rotatable bonds is 2. The minimum absolute atomic E-state index is 0.256. The molecule has 2 heterocycles. The van der Waals surface area contributed by atoms with Crippen molar-refractivity contribution in [2.24, 2.45) is 0 Å². The van der Waals surface area contributed by atoms with Crippen molar-refractivity contribution in [1.82, 2.24) is 9.78 Å². The Morgan fingerprint density at radius 2 is 2.62 bits per heavy atom. The summed E-state index contributed by atoms with van der Waals surface area (Å²) in [7, 11) is 0. The van der Waals surface area contributed by atoms with Crippen LogP contribution in [0.3, 0.4) is 0 Å². The summed E-state index contributed by atoms with van der Waals surface area (Å²) in [5.41, 5.74) is 2.10. The van der Waals surface area contributed by atoms with Crippen molar-refractivity contribution in [2.45, 2.75) is 32.9 Å². The van der Waals surface area contributed by atoms with Crippen LogP contribution in [0.2, 0.25) is 0 Å². The zero-order chi connectivity index (χ0) is 9.26. The van der Waals surface area contributed by atoms with E-state index >= 15 is 0 Å². The predicted molar refractivity (Wildman–Crippen MR) is 46.0 cm³/mol. The zero-order valence-corrected chi connectivity index (χ0v) is 7.62. The van der Waals surface area contributed by atoms with Gasteiger partial charge in [0.05, 0.1) is 0 Å². The summed E-state index contributed by atoms with van der Waals surface area (Å²) in [5.74, 6) is -0.256. The monoisotopic (exact) mass is 180 g/mol. The molecular formula is C9H12N2O2. The molecule has 0 aliphatic carbocycles. The molecule has 1 aromatic rings. The Morgan fingerprint density at radius 3 is 3.31 bits per heavy atom. The highest BCUT2D eigenvalue weighted by molar-refractivity contribution is 5.65. The van der Waals surface area contributed by atoms with E-state index in [2.05, 4.69) is 5.10 Å². The molecule has 0 amide bonds. The van der Waals surface area contributed by atoms with E-state index in [4.69, 9.17) is 4.74 Å². The van der Waals surface area contributed by atoms with Crippen LogP contribution in [0.25, 0.3) is 0 Å². The van der Waals surface area contributed by atoms with E-state index in [1.54, 1.807) is 0 Å². The second kappa shape index (κ2) is 3.20. The van der Waals surface area contributed by atoms with Crippen LogP contribution in [-0.4, -0.2) is 15.7 Å². The molecule has 0 N–H and O–H groups in total. The fourth-order valence-corrected chi connectivity index (χ4v) is 1.57. The largest absolute Gasteiger partial charge is 0.459 e. The molecule has 0 fully saturated rings. The third kappa shape index (κ3) is 1.71. The number of ether oxygens (including phenoxy) is 1. The summed E-state index contributed by atoms with van der Waals surface area (Å²) >= 11 is 0. The summed E-state index contributed by atoms with van der Waals surface area (Å²) in [6.07, 6.45) is 2.27. The van der Waals surface area contributed by atoms with Gasteiger partial charge in [0, 0.05) is 19.2 Å². The number of hydrogen-bond donors (Lipinski definition) is 0. The van der Waals surface area contributed by atoms with Gasteiger partial charge in [0.1, 0.15) is 12.3 Å². The third-order valence-electron chi connectivity index (χ3n) is 2.14. The van der Waals surface area contributed by atoms with Gasteiger partial charge in [-0.25, -0.2) is 0 Å². The molecule has 4 nitrogen and oxygen atoms in total. The molecule has 0 aromatic carbocycles. The second-order valence-corrected chi connectivity index (χ2v) is 3.23. The van der Waals surface area contributed by atoms with Gasteiger partial charge in [-0.05, 0) is 18.9 Å². The predicted octanol–water partition coefficient (Wildman–Crippen LogP) is 0.892. The molecule has 0 unspecified atom stereocenters. The lowest BCUT2D eigenvalue weighted by atomic mass is 10.3. The molecule has 1 aliphatic heterocycles. The molecule has 13 heavy (non-hydrogen) atoms. The van der Waals surface area contributed by atoms with Gasteiger partial charge in [-0.3, -0.25) is 9.48 Å². The highest BCUT2D eigenvalue weighted by Gasteiger charge is 2.13. The van der Waals surface area contributed by atoms with Gasteiger partial charge in [-0.15, -0.1) is 0 Å². The van der Waals surface area contributed by atoms with Crippen molar-refractivity contribution < 1.29 is 9.53 Å². The maximum absolute atomic E-state index is 10.5. The van der Waals surface area contributed by atoms with E-state index < -0.39 is 0 Å². The second-order valence-electron chi connectivity index (χ2n) is 3.23. The van der Waals surface area contributed by atoms with Gasteiger partial charge < -0.3 is 4.74 Å². The molecular weight excluding hydrogens is 168 g/mol. The zero-order valence-electron chi connectivity index (χ0n) is 7.62. The molecule has 0 spiro atoms. The maximum atomic E-state index is 10.5. The summed E-state index contributed by atoms with van der Waals surface area (Å²) in [5, 5.41) is 4.30. The average molecular weight is 180 g/mol. The number of esters is 1. The van der Waals surface area contributed by atoms with E-state index in [1.165, 1.54) is 19.0 Å². The van der Waals surface area contributed by atoms with Crippen molar-refractivity contribution in [3.63, 3.8) is 0 Å². The number of carbonyl (C=O) groups is 1. The van der Waals surface area contributed by atoms with Crippen LogP contribution in [0.5, 0.6) is 0 Å². The highest BCUT2D eigenvalue weighted by atomic mass is 16.5. The molecule has 0 radical (unpaired) electrons. The quantitative estimate of drug-likeness (QED) is 0.635. The van der Waals surface area contributed by atoms with Crippen LogP contribution in [0, 0.1) is 0 Å². The van der Waals surface area contributed by atoms with Crippen LogP contribution < -0.4 is 0 Å². The van der Waals surface area contributed by atoms with E-state index in [1.807, 2.05) is 10.7 Å². The Morgan fingerprint density at radius 1 is 1.77 bits per heavy atom. The van der Waals surface area contributed by atoms with Gasteiger partial charge in [0.15, 0.2) is 0 Å². The van der Waals surface area contributed by atoms with Gasteiger partial charge in [-0.2, -0.15) is 5.10 Å². The highest BCUT2D eigenvalue weighted by Crippen LogP contribution is 2.15. The van der Waals surface area contributed by atoms with E-state index in [0.29, 0.717) is 6.61 Å². The van der Waals surface area contributed by atoms with Crippen LogP contribution in [0.15, 0.2) is 6.07 Å². The van der Waals surface area contributed by atoms with Crippen molar-refractivity contribution in [1.29, 1.82) is 0 Å². The first-order valence-electron chi connectivity index (χ1n) is 4.44. The summed E-state index contributed by atoms with van der Waals surface area (Å²) < 4.78 is 6.84. The molecule has 0 bridgehead atoms.